The Morgan fingerprint density at radius 3 is 2.50 bits per heavy atom. The van der Waals surface area contributed by atoms with Crippen molar-refractivity contribution in [1.29, 1.82) is 0 Å². The van der Waals surface area contributed by atoms with Crippen molar-refractivity contribution in [3.05, 3.63) is 16.1 Å². The van der Waals surface area contributed by atoms with Crippen LogP contribution >= 0.6 is 23.2 Å². The molecule has 1 aromatic rings. The molecular weight excluding hydrogens is 287 g/mol. The molecule has 1 heterocycles. The molecule has 0 saturated carbocycles. The first-order valence-electron chi connectivity index (χ1n) is 6.33. The maximum absolute atomic E-state index is 6.12. The quantitative estimate of drug-likeness (QED) is 0.549. The van der Waals surface area contributed by atoms with Gasteiger partial charge in [0.1, 0.15) is 17.7 Å². The second-order valence-corrected chi connectivity index (χ2v) is 12.0. The van der Waals surface area contributed by atoms with E-state index in [4.69, 9.17) is 27.9 Å². The third-order valence-corrected chi connectivity index (χ3v) is 5.08. The van der Waals surface area contributed by atoms with E-state index in [1.165, 1.54) is 0 Å². The van der Waals surface area contributed by atoms with Gasteiger partial charge in [0.15, 0.2) is 5.15 Å². The molecule has 0 bridgehead atoms. The molecule has 0 atom stereocenters. The minimum absolute atomic E-state index is 0.369. The first-order chi connectivity index (χ1) is 8.35. The van der Waals surface area contributed by atoms with Crippen molar-refractivity contribution in [2.24, 2.45) is 0 Å². The van der Waals surface area contributed by atoms with E-state index in [0.717, 1.165) is 31.3 Å². The van der Waals surface area contributed by atoms with Gasteiger partial charge in [-0.1, -0.05) is 49.8 Å². The molecule has 0 radical (unpaired) electrons. The van der Waals surface area contributed by atoms with Crippen LogP contribution < -0.4 is 0 Å². The fraction of sp³-hybridized carbons (Fsp3) is 0.750. The fourth-order valence-corrected chi connectivity index (χ4v) is 2.67. The highest BCUT2D eigenvalue weighted by Crippen LogP contribution is 2.23. The van der Waals surface area contributed by atoms with Crippen molar-refractivity contribution in [2.75, 3.05) is 6.61 Å². The van der Waals surface area contributed by atoms with Gasteiger partial charge in [0.05, 0.1) is 0 Å². The maximum atomic E-state index is 6.12. The fourth-order valence-electron chi connectivity index (χ4n) is 1.52. The standard InChI is InChI=1S/C12H22Cl2N2OSi/c1-5-6-10-15-11(13)12(14)16(10)9-17-7-8-18(2,3)4/h5-9H2,1-4H3. The number of ether oxygens (including phenoxy) is 1. The van der Waals surface area contributed by atoms with Gasteiger partial charge in [0.2, 0.25) is 0 Å². The van der Waals surface area contributed by atoms with Crippen LogP contribution in [0.15, 0.2) is 0 Å². The number of hydrogen-bond donors (Lipinski definition) is 0. The summed E-state index contributed by atoms with van der Waals surface area (Å²) < 4.78 is 7.55. The third kappa shape index (κ3) is 4.92. The number of hydrogen-bond acceptors (Lipinski definition) is 2. The average Bonchev–Trinajstić information content (AvgIpc) is 2.50. The number of halogens is 2. The average molecular weight is 309 g/mol. The Hall–Kier alpha value is -0.0331. The first-order valence-corrected chi connectivity index (χ1v) is 10.8. The largest absolute Gasteiger partial charge is 0.361 e. The van der Waals surface area contributed by atoms with E-state index in [1.54, 1.807) is 0 Å². The number of aryl methyl sites for hydroxylation is 1. The zero-order valence-electron chi connectivity index (χ0n) is 11.6. The van der Waals surface area contributed by atoms with Gasteiger partial charge in [0, 0.05) is 21.1 Å². The summed E-state index contributed by atoms with van der Waals surface area (Å²) >= 11 is 12.1. The smallest absolute Gasteiger partial charge is 0.166 e. The zero-order valence-corrected chi connectivity index (χ0v) is 14.1. The van der Waals surface area contributed by atoms with Gasteiger partial charge in [-0.05, 0) is 12.5 Å². The summed E-state index contributed by atoms with van der Waals surface area (Å²) in [5, 5.41) is 0.849. The molecule has 0 amide bonds. The van der Waals surface area contributed by atoms with Gasteiger partial charge >= 0.3 is 0 Å². The van der Waals surface area contributed by atoms with Crippen LogP contribution in [-0.2, 0) is 17.9 Å². The SMILES string of the molecule is CCCc1nc(Cl)c(Cl)n1COCC[Si](C)(C)C. The Bertz CT molecular complexity index is 388. The van der Waals surface area contributed by atoms with Crippen LogP contribution in [0.2, 0.25) is 36.0 Å². The lowest BCUT2D eigenvalue weighted by atomic mass is 10.3. The molecule has 0 spiro atoms. The molecule has 104 valence electrons. The molecule has 0 N–H and O–H groups in total. The number of rotatable bonds is 7. The van der Waals surface area contributed by atoms with Crippen LogP contribution in [0.25, 0.3) is 0 Å². The summed E-state index contributed by atoms with van der Waals surface area (Å²) in [5.41, 5.74) is 0. The molecule has 0 aliphatic carbocycles. The first kappa shape index (κ1) is 16.0. The monoisotopic (exact) mass is 308 g/mol. The molecule has 0 saturated heterocycles. The molecule has 1 aromatic heterocycles. The van der Waals surface area contributed by atoms with E-state index in [1.807, 2.05) is 4.57 Å². The van der Waals surface area contributed by atoms with Gasteiger partial charge < -0.3 is 4.74 Å². The van der Waals surface area contributed by atoms with Gasteiger partial charge in [-0.25, -0.2) is 4.98 Å². The minimum atomic E-state index is -1.04. The molecule has 0 fully saturated rings. The van der Waals surface area contributed by atoms with E-state index < -0.39 is 8.07 Å². The lowest BCUT2D eigenvalue weighted by Crippen LogP contribution is -2.22. The predicted octanol–water partition coefficient (Wildman–Crippen LogP) is 4.45. The molecule has 18 heavy (non-hydrogen) atoms. The Morgan fingerprint density at radius 1 is 1.28 bits per heavy atom. The maximum Gasteiger partial charge on any atom is 0.166 e. The van der Waals surface area contributed by atoms with Gasteiger partial charge in [0.25, 0.3) is 0 Å². The van der Waals surface area contributed by atoms with Crippen molar-refractivity contribution in [3.63, 3.8) is 0 Å². The van der Waals surface area contributed by atoms with Gasteiger partial charge in [-0.3, -0.25) is 4.57 Å². The van der Waals surface area contributed by atoms with Gasteiger partial charge in [-0.15, -0.1) is 0 Å². The van der Waals surface area contributed by atoms with Crippen LogP contribution in [0.1, 0.15) is 19.2 Å². The summed E-state index contributed by atoms with van der Waals surface area (Å²) in [5.74, 6) is 0.903. The van der Waals surface area contributed by atoms with Crippen LogP contribution in [-0.4, -0.2) is 24.2 Å². The minimum Gasteiger partial charge on any atom is -0.361 e. The highest BCUT2D eigenvalue weighted by molar-refractivity contribution is 6.76. The predicted molar refractivity (Wildman–Crippen MR) is 80.3 cm³/mol. The number of aromatic nitrogens is 2. The number of nitrogens with zero attached hydrogens (tertiary/aromatic N) is 2. The Balaban J connectivity index is 2.55. The van der Waals surface area contributed by atoms with Crippen LogP contribution in [0.3, 0.4) is 0 Å². The summed E-state index contributed by atoms with van der Waals surface area (Å²) in [7, 11) is -1.04. The lowest BCUT2D eigenvalue weighted by Gasteiger charge is -2.16. The Kier molecular flexibility index (Phi) is 6.18. The third-order valence-electron chi connectivity index (χ3n) is 2.64. The number of imidazole rings is 1. The van der Waals surface area contributed by atoms with Crippen molar-refractivity contribution in [2.45, 2.75) is 52.2 Å². The van der Waals surface area contributed by atoms with Crippen LogP contribution in [0, 0.1) is 0 Å². The molecule has 0 aliphatic rings. The van der Waals surface area contributed by atoms with E-state index in [-0.39, 0.29) is 0 Å². The molecule has 3 nitrogen and oxygen atoms in total. The second kappa shape index (κ2) is 6.94. The Labute approximate surface area is 120 Å². The van der Waals surface area contributed by atoms with Crippen molar-refractivity contribution < 1.29 is 4.74 Å². The highest BCUT2D eigenvalue weighted by Gasteiger charge is 2.15. The summed E-state index contributed by atoms with van der Waals surface area (Å²) in [4.78, 5) is 4.25. The van der Waals surface area contributed by atoms with E-state index >= 15 is 0 Å². The van der Waals surface area contributed by atoms with Crippen LogP contribution in [0.5, 0.6) is 0 Å². The summed E-state index contributed by atoms with van der Waals surface area (Å²) in [6, 6.07) is 1.15. The van der Waals surface area contributed by atoms with E-state index in [2.05, 4.69) is 31.5 Å². The molecule has 1 rings (SSSR count). The molecule has 6 heteroatoms. The van der Waals surface area contributed by atoms with Crippen LogP contribution in [0.4, 0.5) is 0 Å². The van der Waals surface area contributed by atoms with Crippen molar-refractivity contribution in [3.8, 4) is 0 Å². The lowest BCUT2D eigenvalue weighted by molar-refractivity contribution is 0.0853. The molecule has 0 aromatic carbocycles. The zero-order chi connectivity index (χ0) is 13.8. The summed E-state index contributed by atoms with van der Waals surface area (Å²) in [6.07, 6.45) is 1.88. The van der Waals surface area contributed by atoms with Crippen molar-refractivity contribution >= 4 is 31.3 Å². The normalized spacial score (nSPS) is 12.1. The Morgan fingerprint density at radius 2 is 1.94 bits per heavy atom. The molecular formula is C12H22Cl2N2OSi. The topological polar surface area (TPSA) is 27.1 Å². The highest BCUT2D eigenvalue weighted by atomic mass is 35.5. The van der Waals surface area contributed by atoms with Gasteiger partial charge in [-0.2, -0.15) is 0 Å². The van der Waals surface area contributed by atoms with E-state index in [0.29, 0.717) is 17.0 Å². The van der Waals surface area contributed by atoms with Crippen molar-refractivity contribution in [1.82, 2.24) is 9.55 Å². The molecule has 0 unspecified atom stereocenters. The van der Waals surface area contributed by atoms with E-state index in [9.17, 15) is 0 Å². The summed E-state index contributed by atoms with van der Waals surface area (Å²) in [6.45, 7) is 10.3. The molecule has 0 aliphatic heterocycles. The second-order valence-electron chi connectivity index (χ2n) is 5.64.